The summed E-state index contributed by atoms with van der Waals surface area (Å²) in [7, 11) is -3.88. The third-order valence-corrected chi connectivity index (χ3v) is 5.49. The summed E-state index contributed by atoms with van der Waals surface area (Å²) in [6.07, 6.45) is 3.18. The maximum absolute atomic E-state index is 12.8. The van der Waals surface area contributed by atoms with Crippen molar-refractivity contribution < 1.29 is 18.3 Å². The molecule has 0 aliphatic carbocycles. The number of sulfonamides is 1. The molecule has 124 valence electrons. The lowest BCUT2D eigenvalue weighted by molar-refractivity contribution is 0.0692. The number of rotatable bonds is 9. The number of nitrogens with zero attached hydrogens (tertiary/aromatic N) is 1. The van der Waals surface area contributed by atoms with E-state index in [1.54, 1.807) is 0 Å². The molecule has 0 spiro atoms. The molecule has 0 bridgehead atoms. The first kappa shape index (κ1) is 18.9. The van der Waals surface area contributed by atoms with Crippen molar-refractivity contribution in [2.45, 2.75) is 44.4 Å². The fourth-order valence-electron chi connectivity index (χ4n) is 2.05. The molecule has 5 nitrogen and oxygen atoms in total. The highest BCUT2D eigenvalue weighted by Crippen LogP contribution is 2.25. The summed E-state index contributed by atoms with van der Waals surface area (Å²) in [4.78, 5) is 11.1. The Bertz CT molecular complexity index is 608. The summed E-state index contributed by atoms with van der Waals surface area (Å²) in [5.74, 6) is -1.28. The van der Waals surface area contributed by atoms with E-state index in [1.807, 2.05) is 13.8 Å². The Balaban J connectivity index is 3.28. The van der Waals surface area contributed by atoms with Gasteiger partial charge in [-0.25, -0.2) is 13.2 Å². The summed E-state index contributed by atoms with van der Waals surface area (Å²) in [5, 5.41) is 9.43. The number of hydrogen-bond donors (Lipinski definition) is 1. The summed E-state index contributed by atoms with van der Waals surface area (Å²) in [5.41, 5.74) is -0.248. The number of carbonyl (C=O) groups is 1. The van der Waals surface area contributed by atoms with E-state index in [9.17, 15) is 18.3 Å². The van der Waals surface area contributed by atoms with E-state index in [2.05, 4.69) is 0 Å². The van der Waals surface area contributed by atoms with E-state index in [-0.39, 0.29) is 15.5 Å². The second kappa shape index (κ2) is 8.50. The number of carboxylic acids is 1. The van der Waals surface area contributed by atoms with Gasteiger partial charge in [0.2, 0.25) is 10.0 Å². The molecule has 0 amide bonds. The van der Waals surface area contributed by atoms with Crippen molar-refractivity contribution in [2.75, 3.05) is 13.1 Å². The number of halogens is 1. The van der Waals surface area contributed by atoms with Crippen LogP contribution in [0.3, 0.4) is 0 Å². The molecular weight excluding hydrogens is 326 g/mol. The zero-order valence-corrected chi connectivity index (χ0v) is 14.5. The molecule has 7 heteroatoms. The Hall–Kier alpha value is -1.11. The number of carboxylic acid groups (broad SMARTS) is 1. The van der Waals surface area contributed by atoms with Crippen molar-refractivity contribution in [1.29, 1.82) is 0 Å². The first-order valence-corrected chi connectivity index (χ1v) is 9.19. The average Bonchev–Trinajstić information content (AvgIpc) is 2.46. The maximum atomic E-state index is 12.8. The minimum Gasteiger partial charge on any atom is -0.478 e. The van der Waals surface area contributed by atoms with E-state index in [0.29, 0.717) is 13.1 Å². The molecule has 0 saturated heterocycles. The molecule has 1 aromatic carbocycles. The molecule has 0 atom stereocenters. The first-order valence-electron chi connectivity index (χ1n) is 7.37. The molecule has 0 saturated carbocycles. The smallest absolute Gasteiger partial charge is 0.337 e. The minimum absolute atomic E-state index is 0.203. The Morgan fingerprint density at radius 2 is 1.73 bits per heavy atom. The molecule has 1 aromatic rings. The lowest BCUT2D eigenvalue weighted by Gasteiger charge is -2.22. The SMILES string of the molecule is CCCCN(CCCC)S(=O)(=O)c1cc(Cl)ccc1C(=O)O. The third kappa shape index (κ3) is 4.69. The summed E-state index contributed by atoms with van der Waals surface area (Å²) < 4.78 is 27.0. The molecule has 22 heavy (non-hydrogen) atoms. The monoisotopic (exact) mass is 347 g/mol. The molecule has 1 N–H and O–H groups in total. The molecule has 0 aromatic heterocycles. The highest BCUT2D eigenvalue weighted by molar-refractivity contribution is 7.89. The van der Waals surface area contributed by atoms with Gasteiger partial charge in [-0.2, -0.15) is 4.31 Å². The Morgan fingerprint density at radius 1 is 1.18 bits per heavy atom. The second-order valence-corrected chi connectivity index (χ2v) is 7.40. The van der Waals surface area contributed by atoms with Gasteiger partial charge in [0.05, 0.1) is 10.5 Å². The molecule has 0 aliphatic heterocycles. The van der Waals surface area contributed by atoms with E-state index in [4.69, 9.17) is 11.6 Å². The van der Waals surface area contributed by atoms with Gasteiger partial charge < -0.3 is 5.11 Å². The standard InChI is InChI=1S/C15H22ClNO4S/c1-3-5-9-17(10-6-4-2)22(20,21)14-11-12(16)7-8-13(14)15(18)19/h7-8,11H,3-6,9-10H2,1-2H3,(H,18,19). The van der Waals surface area contributed by atoms with Crippen LogP contribution in [0.15, 0.2) is 23.1 Å². The van der Waals surface area contributed by atoms with E-state index >= 15 is 0 Å². The van der Waals surface area contributed by atoms with Crippen LogP contribution >= 0.6 is 11.6 Å². The van der Waals surface area contributed by atoms with Crippen molar-refractivity contribution in [1.82, 2.24) is 4.31 Å². The topological polar surface area (TPSA) is 74.7 Å². The van der Waals surface area contributed by atoms with Gasteiger partial charge in [0, 0.05) is 18.1 Å². The van der Waals surface area contributed by atoms with E-state index in [0.717, 1.165) is 25.7 Å². The molecule has 0 heterocycles. The Kier molecular flexibility index (Phi) is 7.32. The van der Waals surface area contributed by atoms with Crippen LogP contribution < -0.4 is 0 Å². The predicted molar refractivity (Wildman–Crippen MR) is 87.0 cm³/mol. The summed E-state index contributed by atoms with van der Waals surface area (Å²) in [6, 6.07) is 3.83. The molecular formula is C15H22ClNO4S. The van der Waals surface area contributed by atoms with Crippen molar-refractivity contribution in [2.24, 2.45) is 0 Å². The van der Waals surface area contributed by atoms with Gasteiger partial charge in [0.15, 0.2) is 0 Å². The van der Waals surface area contributed by atoms with Gasteiger partial charge in [-0.05, 0) is 31.0 Å². The minimum atomic E-state index is -3.88. The van der Waals surface area contributed by atoms with Crippen molar-refractivity contribution in [3.8, 4) is 0 Å². The maximum Gasteiger partial charge on any atom is 0.337 e. The fourth-order valence-corrected chi connectivity index (χ4v) is 4.01. The fraction of sp³-hybridized carbons (Fsp3) is 0.533. The van der Waals surface area contributed by atoms with E-state index < -0.39 is 16.0 Å². The summed E-state index contributed by atoms with van der Waals surface area (Å²) >= 11 is 5.87. The number of benzene rings is 1. The molecule has 0 unspecified atom stereocenters. The van der Waals surface area contributed by atoms with Gasteiger partial charge in [-0.3, -0.25) is 0 Å². The van der Waals surface area contributed by atoms with Crippen LogP contribution in [0.2, 0.25) is 5.02 Å². The second-order valence-electron chi connectivity index (χ2n) is 5.06. The van der Waals surface area contributed by atoms with Gasteiger partial charge in [-0.1, -0.05) is 38.3 Å². The Morgan fingerprint density at radius 3 is 2.18 bits per heavy atom. The van der Waals surface area contributed by atoms with Crippen molar-refractivity contribution >= 4 is 27.6 Å². The van der Waals surface area contributed by atoms with Crippen LogP contribution in [0, 0.1) is 0 Å². The highest BCUT2D eigenvalue weighted by Gasteiger charge is 2.28. The normalized spacial score (nSPS) is 11.8. The largest absolute Gasteiger partial charge is 0.478 e. The van der Waals surface area contributed by atoms with Gasteiger partial charge in [0.25, 0.3) is 0 Å². The zero-order chi connectivity index (χ0) is 16.8. The van der Waals surface area contributed by atoms with Crippen LogP contribution in [0.5, 0.6) is 0 Å². The third-order valence-electron chi connectivity index (χ3n) is 3.31. The molecule has 0 fully saturated rings. The van der Waals surface area contributed by atoms with Crippen LogP contribution in [-0.4, -0.2) is 36.9 Å². The summed E-state index contributed by atoms with van der Waals surface area (Å²) in [6.45, 7) is 4.72. The van der Waals surface area contributed by atoms with Crippen LogP contribution in [0.25, 0.3) is 0 Å². The predicted octanol–water partition coefficient (Wildman–Crippen LogP) is 3.63. The van der Waals surface area contributed by atoms with Crippen LogP contribution in [0.1, 0.15) is 49.9 Å². The van der Waals surface area contributed by atoms with Crippen LogP contribution in [-0.2, 0) is 10.0 Å². The molecule has 0 aliphatic rings. The first-order chi connectivity index (χ1) is 10.3. The molecule has 1 rings (SSSR count). The quantitative estimate of drug-likeness (QED) is 0.740. The van der Waals surface area contributed by atoms with Crippen molar-refractivity contribution in [3.63, 3.8) is 0 Å². The van der Waals surface area contributed by atoms with Gasteiger partial charge in [0.1, 0.15) is 0 Å². The number of hydrogen-bond acceptors (Lipinski definition) is 3. The number of unbranched alkanes of at least 4 members (excludes halogenated alkanes) is 2. The Labute approximate surface area is 136 Å². The van der Waals surface area contributed by atoms with E-state index in [1.165, 1.54) is 22.5 Å². The number of aromatic carboxylic acids is 1. The van der Waals surface area contributed by atoms with Crippen molar-refractivity contribution in [3.05, 3.63) is 28.8 Å². The lowest BCUT2D eigenvalue weighted by atomic mass is 10.2. The highest BCUT2D eigenvalue weighted by atomic mass is 35.5. The van der Waals surface area contributed by atoms with Gasteiger partial charge >= 0.3 is 5.97 Å². The zero-order valence-electron chi connectivity index (χ0n) is 12.9. The lowest BCUT2D eigenvalue weighted by Crippen LogP contribution is -2.34. The average molecular weight is 348 g/mol. The van der Waals surface area contributed by atoms with Crippen LogP contribution in [0.4, 0.5) is 0 Å². The molecule has 0 radical (unpaired) electrons. The van der Waals surface area contributed by atoms with Gasteiger partial charge in [-0.15, -0.1) is 0 Å².